The minimum Gasteiger partial charge on any atom is -0.465 e. The molecule has 0 atom stereocenters. The first-order valence-electron chi connectivity index (χ1n) is 6.79. The Morgan fingerprint density at radius 3 is 2.73 bits per heavy atom. The Kier molecular flexibility index (Phi) is 5.52. The maximum atomic E-state index is 11.8. The van der Waals surface area contributed by atoms with Crippen LogP contribution in [0.3, 0.4) is 0 Å². The molecule has 0 saturated heterocycles. The van der Waals surface area contributed by atoms with Crippen molar-refractivity contribution in [1.29, 1.82) is 0 Å². The molecule has 1 aromatic heterocycles. The van der Waals surface area contributed by atoms with Gasteiger partial charge in [-0.15, -0.1) is 0 Å². The summed E-state index contributed by atoms with van der Waals surface area (Å²) >= 11 is 3.39. The number of fused-ring (bicyclic) bond motifs is 1. The average molecular weight is 389 g/mol. The minimum absolute atomic E-state index is 0.376. The van der Waals surface area contributed by atoms with Crippen molar-refractivity contribution in [1.82, 2.24) is 9.78 Å². The van der Waals surface area contributed by atoms with Crippen LogP contribution in [0.1, 0.15) is 10.4 Å². The quantitative estimate of drug-likeness (QED) is 0.562. The van der Waals surface area contributed by atoms with Crippen LogP contribution in [-0.2, 0) is 16.2 Å². The zero-order valence-electron chi connectivity index (χ0n) is 13.3. The van der Waals surface area contributed by atoms with E-state index in [2.05, 4.69) is 39.8 Å². The van der Waals surface area contributed by atoms with Crippen LogP contribution in [0.15, 0.2) is 22.8 Å². The van der Waals surface area contributed by atoms with Crippen LogP contribution < -0.4 is 0 Å². The van der Waals surface area contributed by atoms with Crippen LogP contribution in [0, 0.1) is 0 Å². The molecule has 0 radical (unpaired) electrons. The highest BCUT2D eigenvalue weighted by molar-refractivity contribution is 9.10. The highest BCUT2D eigenvalue weighted by atomic mass is 79.9. The summed E-state index contributed by atoms with van der Waals surface area (Å²) in [5.41, 5.74) is 1.34. The molecule has 5 nitrogen and oxygen atoms in total. The summed E-state index contributed by atoms with van der Waals surface area (Å²) in [6.45, 7) is 1.09. The van der Waals surface area contributed by atoms with Gasteiger partial charge in [0.05, 0.1) is 31.0 Å². The van der Waals surface area contributed by atoms with Gasteiger partial charge in [-0.3, -0.25) is 0 Å². The number of nitrogens with zero attached hydrogens (tertiary/aromatic N) is 2. The van der Waals surface area contributed by atoms with Crippen LogP contribution in [-0.4, -0.2) is 54.0 Å². The van der Waals surface area contributed by atoms with Crippen molar-refractivity contribution in [3.8, 4) is 0 Å². The number of rotatable bonds is 6. The molecule has 0 bridgehead atoms. The number of halogens is 1. The van der Waals surface area contributed by atoms with E-state index >= 15 is 0 Å². The highest BCUT2D eigenvalue weighted by Crippen LogP contribution is 2.33. The number of hydrogen-bond acceptors (Lipinski definition) is 4. The number of aromatic nitrogens is 2. The lowest BCUT2D eigenvalue weighted by Crippen LogP contribution is -2.11. The van der Waals surface area contributed by atoms with E-state index in [1.54, 1.807) is 16.9 Å². The molecule has 0 spiro atoms. The topological polar surface area (TPSA) is 53.3 Å². The summed E-state index contributed by atoms with van der Waals surface area (Å²) in [5, 5.41) is 5.27. The molecule has 22 heavy (non-hydrogen) atoms. The van der Waals surface area contributed by atoms with E-state index in [1.807, 2.05) is 6.07 Å². The van der Waals surface area contributed by atoms with Crippen molar-refractivity contribution in [3.63, 3.8) is 0 Å². The van der Waals surface area contributed by atoms with Gasteiger partial charge in [-0.2, -0.15) is 5.10 Å². The van der Waals surface area contributed by atoms with E-state index in [1.165, 1.54) is 7.11 Å². The zero-order valence-corrected chi connectivity index (χ0v) is 15.7. The van der Waals surface area contributed by atoms with Crippen molar-refractivity contribution < 1.29 is 14.3 Å². The molecular weight excluding hydrogens is 368 g/mol. The fourth-order valence-corrected chi connectivity index (χ4v) is 3.07. The predicted octanol–water partition coefficient (Wildman–Crippen LogP) is 3.25. The second-order valence-corrected chi connectivity index (χ2v) is 11.3. The summed E-state index contributed by atoms with van der Waals surface area (Å²) in [6.07, 6.45) is 8.55. The molecule has 0 fully saturated rings. The normalized spacial score (nSPS) is 12.6. The average Bonchev–Trinajstić information content (AvgIpc) is 2.83. The molecule has 2 rings (SSSR count). The predicted molar refractivity (Wildman–Crippen MR) is 95.0 cm³/mol. The van der Waals surface area contributed by atoms with Gasteiger partial charge in [0.2, 0.25) is 0 Å². The third-order valence-electron chi connectivity index (χ3n) is 3.19. The second kappa shape index (κ2) is 7.02. The van der Waals surface area contributed by atoms with E-state index in [0.29, 0.717) is 23.4 Å². The lowest BCUT2D eigenvalue weighted by atomic mass is 10.2. The van der Waals surface area contributed by atoms with Crippen LogP contribution in [0.25, 0.3) is 10.9 Å². The Labute approximate surface area is 140 Å². The van der Waals surface area contributed by atoms with Gasteiger partial charge in [0.25, 0.3) is 0 Å². The third-order valence-corrected chi connectivity index (χ3v) is 5.24. The van der Waals surface area contributed by atoms with Crippen molar-refractivity contribution in [2.24, 2.45) is 0 Å². The maximum absolute atomic E-state index is 11.8. The molecule has 0 N–H and O–H groups in total. The molecule has 1 heterocycles. The Bertz CT molecular complexity index is 679. The molecule has 2 aromatic rings. The lowest BCUT2D eigenvalue weighted by Gasteiger charge is -2.24. The summed E-state index contributed by atoms with van der Waals surface area (Å²) in [6, 6.07) is 3.64. The van der Waals surface area contributed by atoms with E-state index in [0.717, 1.165) is 16.7 Å². The second-order valence-electron chi connectivity index (χ2n) is 5.86. The third kappa shape index (κ3) is 4.24. The molecule has 0 saturated carbocycles. The van der Waals surface area contributed by atoms with Crippen LogP contribution in [0.5, 0.6) is 0 Å². The Morgan fingerprint density at radius 1 is 1.36 bits per heavy atom. The summed E-state index contributed by atoms with van der Waals surface area (Å²) < 4.78 is 13.0. The fraction of sp³-hybridized carbons (Fsp3) is 0.467. The van der Waals surface area contributed by atoms with Crippen molar-refractivity contribution in [3.05, 3.63) is 28.4 Å². The van der Waals surface area contributed by atoms with Gasteiger partial charge in [-0.05, 0) is 46.8 Å². The van der Waals surface area contributed by atoms with Crippen molar-refractivity contribution in [2.75, 3.05) is 38.2 Å². The van der Waals surface area contributed by atoms with Gasteiger partial charge in [0, 0.05) is 15.6 Å². The first-order chi connectivity index (χ1) is 10.3. The van der Waals surface area contributed by atoms with E-state index in [4.69, 9.17) is 9.47 Å². The van der Waals surface area contributed by atoms with Gasteiger partial charge < -0.3 is 9.47 Å². The molecule has 0 unspecified atom stereocenters. The standard InChI is InChI=1S/C15H21BrN2O3S/c1-20-15(19)12-8-14-11(7-13(12)16)9-17-18(14)10-21-5-6-22(2,3)4/h7-9H,5-6,10H2,1-4H3. The molecule has 0 aliphatic carbocycles. The number of carbonyl (C=O) groups excluding carboxylic acids is 1. The monoisotopic (exact) mass is 388 g/mol. The maximum Gasteiger partial charge on any atom is 0.339 e. The smallest absolute Gasteiger partial charge is 0.339 e. The van der Waals surface area contributed by atoms with Crippen LogP contribution >= 0.6 is 26.0 Å². The largest absolute Gasteiger partial charge is 0.465 e. The van der Waals surface area contributed by atoms with Crippen molar-refractivity contribution >= 4 is 42.8 Å². The summed E-state index contributed by atoms with van der Waals surface area (Å²) in [7, 11) is 0.813. The molecule has 0 amide bonds. The number of methoxy groups -OCH3 is 1. The fourth-order valence-electron chi connectivity index (χ4n) is 1.93. The molecule has 0 aliphatic rings. The van der Waals surface area contributed by atoms with E-state index in [9.17, 15) is 4.79 Å². The summed E-state index contributed by atoms with van der Waals surface area (Å²) in [5.74, 6) is 0.685. The lowest BCUT2D eigenvalue weighted by molar-refractivity contribution is 0.0599. The highest BCUT2D eigenvalue weighted by Gasteiger charge is 2.14. The molecule has 0 aliphatic heterocycles. The van der Waals surface area contributed by atoms with Gasteiger partial charge in [-0.1, -0.05) is 0 Å². The Morgan fingerprint density at radius 2 is 2.09 bits per heavy atom. The van der Waals surface area contributed by atoms with Gasteiger partial charge in [0.1, 0.15) is 6.73 Å². The number of benzene rings is 1. The Hall–Kier alpha value is -1.05. The SMILES string of the molecule is COC(=O)c1cc2c(cnn2COCCS(C)(C)C)cc1Br. The first kappa shape index (κ1) is 17.3. The molecule has 1 aromatic carbocycles. The summed E-state index contributed by atoms with van der Waals surface area (Å²) in [4.78, 5) is 11.8. The Balaban J connectivity index is 2.16. The number of esters is 1. The number of ether oxygens (including phenoxy) is 2. The minimum atomic E-state index is -0.557. The van der Waals surface area contributed by atoms with Crippen molar-refractivity contribution in [2.45, 2.75) is 6.73 Å². The number of carbonyl (C=O) groups is 1. The first-order valence-corrected chi connectivity index (χ1v) is 10.6. The number of hydrogen-bond donors (Lipinski definition) is 0. The van der Waals surface area contributed by atoms with Crippen LogP contribution in [0.4, 0.5) is 0 Å². The zero-order chi connectivity index (χ0) is 16.3. The molecule has 122 valence electrons. The van der Waals surface area contributed by atoms with Gasteiger partial charge >= 0.3 is 5.97 Å². The van der Waals surface area contributed by atoms with Gasteiger partial charge in [0.15, 0.2) is 0 Å². The van der Waals surface area contributed by atoms with Gasteiger partial charge in [-0.25, -0.2) is 19.5 Å². The molecular formula is C15H21BrN2O3S. The molecule has 7 heteroatoms. The van der Waals surface area contributed by atoms with E-state index in [-0.39, 0.29) is 5.97 Å². The van der Waals surface area contributed by atoms with Crippen LogP contribution in [0.2, 0.25) is 0 Å². The van der Waals surface area contributed by atoms with E-state index < -0.39 is 10.0 Å².